The highest BCUT2D eigenvalue weighted by Crippen LogP contribution is 2.33. The molecule has 1 aliphatic rings. The average molecular weight is 294 g/mol. The second kappa shape index (κ2) is 6.02. The van der Waals surface area contributed by atoms with Gasteiger partial charge in [-0.3, -0.25) is 0 Å². The second-order valence-corrected chi connectivity index (χ2v) is 5.25. The van der Waals surface area contributed by atoms with E-state index in [1.807, 2.05) is 25.1 Å². The molecular formula is C17H18N4O. The zero-order valence-corrected chi connectivity index (χ0v) is 12.8. The average Bonchev–Trinajstić information content (AvgIpc) is 2.74. The van der Waals surface area contributed by atoms with E-state index in [0.29, 0.717) is 24.5 Å². The van der Waals surface area contributed by atoms with Crippen molar-refractivity contribution in [1.82, 2.24) is 9.97 Å². The summed E-state index contributed by atoms with van der Waals surface area (Å²) in [6.07, 6.45) is 0.706. The Hall–Kier alpha value is -2.61. The smallest absolute Gasteiger partial charge is 0.146 e. The molecule has 5 nitrogen and oxygen atoms in total. The molecular weight excluding hydrogens is 276 g/mol. The highest BCUT2D eigenvalue weighted by molar-refractivity contribution is 5.49. The number of rotatable bonds is 2. The summed E-state index contributed by atoms with van der Waals surface area (Å²) in [7, 11) is 0. The molecule has 0 radical (unpaired) electrons. The van der Waals surface area contributed by atoms with Gasteiger partial charge in [0.25, 0.3) is 0 Å². The summed E-state index contributed by atoms with van der Waals surface area (Å²) in [6.45, 7) is 5.44. The van der Waals surface area contributed by atoms with Crippen molar-refractivity contribution >= 4 is 5.82 Å². The Kier molecular flexibility index (Phi) is 3.92. The van der Waals surface area contributed by atoms with Crippen LogP contribution in [0.1, 0.15) is 37.0 Å². The van der Waals surface area contributed by atoms with Crippen LogP contribution >= 0.6 is 0 Å². The van der Waals surface area contributed by atoms with E-state index in [0.717, 1.165) is 23.7 Å². The zero-order valence-electron chi connectivity index (χ0n) is 12.8. The fraction of sp³-hybridized carbons (Fsp3) is 0.353. The maximum absolute atomic E-state index is 9.18. The first-order chi connectivity index (χ1) is 10.7. The van der Waals surface area contributed by atoms with E-state index in [1.165, 1.54) is 0 Å². The number of hydrogen-bond acceptors (Lipinski definition) is 5. The number of fused-ring (bicyclic) bond motifs is 1. The van der Waals surface area contributed by atoms with Crippen LogP contribution in [0.3, 0.4) is 0 Å². The molecule has 1 aliphatic heterocycles. The number of hydrogen-bond donors (Lipinski definition) is 0. The van der Waals surface area contributed by atoms with Crippen molar-refractivity contribution in [1.29, 1.82) is 5.26 Å². The van der Waals surface area contributed by atoms with Crippen LogP contribution in [0.25, 0.3) is 0 Å². The van der Waals surface area contributed by atoms with Gasteiger partial charge in [0, 0.05) is 18.1 Å². The molecule has 0 amide bonds. The van der Waals surface area contributed by atoms with Crippen LogP contribution in [0.5, 0.6) is 5.75 Å². The van der Waals surface area contributed by atoms with Gasteiger partial charge in [0.15, 0.2) is 0 Å². The fourth-order valence-electron chi connectivity index (χ4n) is 2.73. The predicted molar refractivity (Wildman–Crippen MR) is 83.8 cm³/mol. The number of aromatic nitrogens is 2. The van der Waals surface area contributed by atoms with Gasteiger partial charge in [-0.1, -0.05) is 25.1 Å². The van der Waals surface area contributed by atoms with E-state index in [9.17, 15) is 5.26 Å². The lowest BCUT2D eigenvalue weighted by atomic mass is 10.1. The molecule has 0 N–H and O–H groups in total. The molecule has 2 aromatic rings. The molecule has 1 aromatic heterocycles. The number of anilines is 1. The molecule has 2 heterocycles. The molecule has 0 fully saturated rings. The van der Waals surface area contributed by atoms with E-state index in [2.05, 4.69) is 33.9 Å². The van der Waals surface area contributed by atoms with Gasteiger partial charge in [-0.05, 0) is 13.0 Å². The maximum Gasteiger partial charge on any atom is 0.146 e. The summed E-state index contributed by atoms with van der Waals surface area (Å²) < 4.78 is 5.83. The Morgan fingerprint density at radius 3 is 2.95 bits per heavy atom. The lowest BCUT2D eigenvalue weighted by molar-refractivity contribution is 0.331. The highest BCUT2D eigenvalue weighted by atomic mass is 16.5. The third kappa shape index (κ3) is 2.60. The molecule has 5 heteroatoms. The van der Waals surface area contributed by atoms with Gasteiger partial charge in [0.1, 0.15) is 35.8 Å². The minimum atomic E-state index is 0.129. The van der Waals surface area contributed by atoms with Crippen molar-refractivity contribution in [2.75, 3.05) is 18.1 Å². The summed E-state index contributed by atoms with van der Waals surface area (Å²) in [6, 6.07) is 12.1. The van der Waals surface area contributed by atoms with Crippen molar-refractivity contribution in [2.24, 2.45) is 0 Å². The Morgan fingerprint density at radius 2 is 2.18 bits per heavy atom. The molecule has 112 valence electrons. The topological polar surface area (TPSA) is 62.0 Å². The number of ether oxygens (including phenoxy) is 1. The molecule has 1 aromatic carbocycles. The van der Waals surface area contributed by atoms with Gasteiger partial charge in [-0.25, -0.2) is 9.97 Å². The predicted octanol–water partition coefficient (Wildman–Crippen LogP) is 2.87. The molecule has 0 bridgehead atoms. The van der Waals surface area contributed by atoms with Crippen molar-refractivity contribution in [2.45, 2.75) is 26.3 Å². The van der Waals surface area contributed by atoms with Crippen molar-refractivity contribution in [3.05, 3.63) is 47.4 Å². The van der Waals surface area contributed by atoms with E-state index < -0.39 is 0 Å². The number of nitriles is 1. The zero-order chi connectivity index (χ0) is 15.5. The quantitative estimate of drug-likeness (QED) is 0.852. The van der Waals surface area contributed by atoms with Gasteiger partial charge >= 0.3 is 0 Å². The van der Waals surface area contributed by atoms with Crippen LogP contribution in [-0.4, -0.2) is 23.1 Å². The van der Waals surface area contributed by atoms with Crippen LogP contribution in [0.4, 0.5) is 5.82 Å². The molecule has 1 unspecified atom stereocenters. The molecule has 0 aliphatic carbocycles. The lowest BCUT2D eigenvalue weighted by Crippen LogP contribution is -2.30. The third-order valence-corrected chi connectivity index (χ3v) is 3.91. The van der Waals surface area contributed by atoms with Gasteiger partial charge in [0.05, 0.1) is 12.6 Å². The van der Waals surface area contributed by atoms with E-state index in [4.69, 9.17) is 4.74 Å². The van der Waals surface area contributed by atoms with Gasteiger partial charge in [-0.2, -0.15) is 5.26 Å². The first-order valence-corrected chi connectivity index (χ1v) is 7.49. The van der Waals surface area contributed by atoms with Crippen molar-refractivity contribution in [3.8, 4) is 11.8 Å². The normalized spacial score (nSPS) is 17.1. The molecule has 3 rings (SSSR count). The van der Waals surface area contributed by atoms with Crippen molar-refractivity contribution < 1.29 is 4.74 Å². The summed E-state index contributed by atoms with van der Waals surface area (Å²) in [4.78, 5) is 11.0. The Morgan fingerprint density at radius 1 is 1.36 bits per heavy atom. The summed E-state index contributed by atoms with van der Waals surface area (Å²) in [5.41, 5.74) is 1.54. The molecule has 22 heavy (non-hydrogen) atoms. The van der Waals surface area contributed by atoms with Gasteiger partial charge < -0.3 is 9.64 Å². The molecule has 0 saturated heterocycles. The monoisotopic (exact) mass is 294 g/mol. The lowest BCUT2D eigenvalue weighted by Gasteiger charge is -2.28. The van der Waals surface area contributed by atoms with Crippen LogP contribution in [0.2, 0.25) is 0 Å². The van der Waals surface area contributed by atoms with Crippen LogP contribution < -0.4 is 9.64 Å². The van der Waals surface area contributed by atoms with Gasteiger partial charge in [-0.15, -0.1) is 0 Å². The second-order valence-electron chi connectivity index (χ2n) is 5.25. The Bertz CT molecular complexity index is 723. The molecule has 1 atom stereocenters. The third-order valence-electron chi connectivity index (χ3n) is 3.91. The summed E-state index contributed by atoms with van der Waals surface area (Å²) >= 11 is 0. The first-order valence-electron chi connectivity index (χ1n) is 7.49. The SMILES string of the molecule is CCc1nc(C#N)cc(N2CCOc3ccccc3C2C)n1. The summed E-state index contributed by atoms with van der Waals surface area (Å²) in [5.74, 6) is 2.40. The first kappa shape index (κ1) is 14.3. The van der Waals surface area contributed by atoms with Crippen LogP contribution in [0, 0.1) is 11.3 Å². The molecule has 0 spiro atoms. The minimum absolute atomic E-state index is 0.129. The van der Waals surface area contributed by atoms with E-state index in [1.54, 1.807) is 6.07 Å². The van der Waals surface area contributed by atoms with Gasteiger partial charge in [0.2, 0.25) is 0 Å². The fourth-order valence-corrected chi connectivity index (χ4v) is 2.73. The number of nitrogens with zero attached hydrogens (tertiary/aromatic N) is 4. The maximum atomic E-state index is 9.18. The number of benzene rings is 1. The number of aryl methyl sites for hydroxylation is 1. The Balaban J connectivity index is 2.03. The highest BCUT2D eigenvalue weighted by Gasteiger charge is 2.24. The summed E-state index contributed by atoms with van der Waals surface area (Å²) in [5, 5.41) is 9.18. The largest absolute Gasteiger partial charge is 0.491 e. The number of para-hydroxylation sites is 1. The van der Waals surface area contributed by atoms with E-state index in [-0.39, 0.29) is 6.04 Å². The Labute approximate surface area is 130 Å². The van der Waals surface area contributed by atoms with Crippen molar-refractivity contribution in [3.63, 3.8) is 0 Å². The standard InChI is InChI=1S/C17H18N4O/c1-3-16-19-13(11-18)10-17(20-16)21-8-9-22-15-7-5-4-6-14(15)12(21)2/h4-7,10,12H,3,8-9H2,1-2H3. The van der Waals surface area contributed by atoms with Crippen LogP contribution in [0.15, 0.2) is 30.3 Å². The molecule has 0 saturated carbocycles. The minimum Gasteiger partial charge on any atom is -0.491 e. The van der Waals surface area contributed by atoms with E-state index >= 15 is 0 Å². The van der Waals surface area contributed by atoms with Crippen LogP contribution in [-0.2, 0) is 6.42 Å².